The van der Waals surface area contributed by atoms with Crippen LogP contribution in [0.5, 0.6) is 0 Å². The average Bonchev–Trinajstić information content (AvgIpc) is 3.09. The Labute approximate surface area is 541 Å². The second-order valence-corrected chi connectivity index (χ2v) is 22.4. The van der Waals surface area contributed by atoms with Crippen molar-refractivity contribution in [1.82, 2.24) is 14.7 Å². The molecular weight excluding hydrogens is 1170 g/mol. The third kappa shape index (κ3) is 57.1. The molecule has 0 saturated carbocycles. The molecule has 90 heavy (non-hydrogen) atoms. The second kappa shape index (κ2) is 61.6. The number of nitrogens with zero attached hydrogens (tertiary/aromatic N) is 3. The molecule has 0 aromatic rings. The zero-order valence-corrected chi connectivity index (χ0v) is 56.2. The molecule has 8 atom stereocenters. The fourth-order valence-corrected chi connectivity index (χ4v) is 7.96. The molecular formula is C65H125N3O22. The quantitative estimate of drug-likeness (QED) is 0.0274. The minimum absolute atomic E-state index is 0. The summed E-state index contributed by atoms with van der Waals surface area (Å²) < 4.78 is 77.5. The van der Waals surface area contributed by atoms with Gasteiger partial charge < -0.3 is 96.5 Å². The van der Waals surface area contributed by atoms with Crippen LogP contribution in [0.3, 0.4) is 0 Å². The van der Waals surface area contributed by atoms with Gasteiger partial charge in [0.15, 0.2) is 0 Å². The van der Waals surface area contributed by atoms with Crippen LogP contribution in [0.1, 0.15) is 114 Å². The molecule has 0 radical (unpaired) electrons. The smallest absolute Gasteiger partial charge is 0.330 e. The van der Waals surface area contributed by atoms with Crippen molar-refractivity contribution < 1.29 is 106 Å². The van der Waals surface area contributed by atoms with E-state index in [1.165, 1.54) is 0 Å². The minimum atomic E-state index is -0.860. The van der Waals surface area contributed by atoms with E-state index in [0.29, 0.717) is 65.4 Å². The van der Waals surface area contributed by atoms with Crippen molar-refractivity contribution in [3.8, 4) is 0 Å². The molecule has 0 aliphatic rings. The number of hydrogen-bond donors (Lipinski definition) is 4. The summed E-state index contributed by atoms with van der Waals surface area (Å²) >= 11 is 0. The summed E-state index contributed by atoms with van der Waals surface area (Å²) in [6.45, 7) is 33.7. The highest BCUT2D eigenvalue weighted by atomic mass is 16.6. The fraction of sp³-hybridized carbons (Fsp3) is 0.846. The predicted molar refractivity (Wildman–Crippen MR) is 345 cm³/mol. The summed E-state index contributed by atoms with van der Waals surface area (Å²) in [6, 6.07) is 0. The van der Waals surface area contributed by atoms with Gasteiger partial charge in [0.25, 0.3) is 0 Å². The van der Waals surface area contributed by atoms with Crippen molar-refractivity contribution in [3.05, 3.63) is 38.0 Å². The maximum Gasteiger partial charge on any atom is 0.330 e. The Bertz CT molecular complexity index is 1670. The van der Waals surface area contributed by atoms with Crippen molar-refractivity contribution in [1.29, 1.82) is 0 Å². The van der Waals surface area contributed by atoms with E-state index in [0.717, 1.165) is 76.4 Å². The van der Waals surface area contributed by atoms with E-state index in [4.69, 9.17) is 66.3 Å². The van der Waals surface area contributed by atoms with Gasteiger partial charge in [-0.15, -0.1) is 0 Å². The highest BCUT2D eigenvalue weighted by Gasteiger charge is 2.33. The third-order valence-corrected chi connectivity index (χ3v) is 12.8. The minimum Gasteiger partial charge on any atom is -0.463 e. The molecule has 0 aromatic carbocycles. The molecule has 0 fully saturated rings. The van der Waals surface area contributed by atoms with Gasteiger partial charge in [-0.25, -0.2) is 14.4 Å². The molecule has 0 rings (SSSR count). The van der Waals surface area contributed by atoms with Crippen LogP contribution in [0, 0.1) is 5.41 Å². The van der Waals surface area contributed by atoms with Crippen molar-refractivity contribution in [3.63, 3.8) is 0 Å². The lowest BCUT2D eigenvalue weighted by Gasteiger charge is -2.33. The highest BCUT2D eigenvalue weighted by molar-refractivity contribution is 5.81. The van der Waals surface area contributed by atoms with Crippen LogP contribution in [0.25, 0.3) is 0 Å². The SMILES string of the molecule is C.C=CC(=O)OCCOCC(COCCOC(=O)C=C)(COCCOC(=O)C=C)COCCOC(=O)CCC.CCCCN(C)CC(O)COCC(C)OCC(C)OCC(O)CN(CCCC)CC(O)COCC(C)OCC(C)OCC(O)CN(C)CCCC. The lowest BCUT2D eigenvalue weighted by molar-refractivity contribution is -0.149. The topological polar surface area (TPSA) is 288 Å². The van der Waals surface area contributed by atoms with E-state index in [1.807, 2.05) is 48.7 Å². The summed E-state index contributed by atoms with van der Waals surface area (Å²) in [5.74, 6) is -2.03. The van der Waals surface area contributed by atoms with Gasteiger partial charge >= 0.3 is 23.9 Å². The van der Waals surface area contributed by atoms with Gasteiger partial charge in [0, 0.05) is 50.8 Å². The largest absolute Gasteiger partial charge is 0.463 e. The van der Waals surface area contributed by atoms with Crippen LogP contribution < -0.4 is 0 Å². The highest BCUT2D eigenvalue weighted by Crippen LogP contribution is 2.21. The maximum atomic E-state index is 11.6. The molecule has 0 spiro atoms. The summed E-state index contributed by atoms with van der Waals surface area (Å²) in [5, 5.41) is 41.8. The summed E-state index contributed by atoms with van der Waals surface area (Å²) in [5.41, 5.74) is -0.860. The zero-order chi connectivity index (χ0) is 66.9. The number of carbonyl (C=O) groups excluding carboxylic acids is 4. The fourth-order valence-electron chi connectivity index (χ4n) is 7.96. The van der Waals surface area contributed by atoms with E-state index in [-0.39, 0.29) is 144 Å². The Balaban J connectivity index is -0.00000173. The molecule has 0 bridgehead atoms. The molecule has 25 heteroatoms. The molecule has 0 saturated heterocycles. The van der Waals surface area contributed by atoms with Crippen molar-refractivity contribution in [2.75, 3.05) is 192 Å². The number of unbranched alkanes of at least 4 members (excludes halogenated alkanes) is 3. The average molecular weight is 1300 g/mol. The second-order valence-electron chi connectivity index (χ2n) is 22.4. The molecule has 532 valence electrons. The third-order valence-electron chi connectivity index (χ3n) is 12.8. The van der Waals surface area contributed by atoms with Gasteiger partial charge in [-0.1, -0.05) is 74.1 Å². The lowest BCUT2D eigenvalue weighted by Crippen LogP contribution is -2.43. The molecule has 0 heterocycles. The molecule has 4 N–H and O–H groups in total. The first-order chi connectivity index (χ1) is 42.6. The summed E-state index contributed by atoms with van der Waals surface area (Å²) in [7, 11) is 4.02. The molecule has 0 amide bonds. The van der Waals surface area contributed by atoms with Crippen LogP contribution in [0.4, 0.5) is 0 Å². The zero-order valence-electron chi connectivity index (χ0n) is 56.2. The molecule has 0 aliphatic carbocycles. The molecule has 8 unspecified atom stereocenters. The monoisotopic (exact) mass is 1300 g/mol. The van der Waals surface area contributed by atoms with Crippen molar-refractivity contribution in [2.24, 2.45) is 5.41 Å². The number of aliphatic hydroxyl groups excluding tert-OH is 4. The molecule has 0 aliphatic heterocycles. The van der Waals surface area contributed by atoms with E-state index < -0.39 is 47.7 Å². The number of carbonyl (C=O) groups is 4. The number of aliphatic hydroxyl groups is 4. The van der Waals surface area contributed by atoms with Gasteiger partial charge in [-0.2, -0.15) is 0 Å². The molecule has 0 aromatic heterocycles. The van der Waals surface area contributed by atoms with Crippen molar-refractivity contribution in [2.45, 2.75) is 163 Å². The summed E-state index contributed by atoms with van der Waals surface area (Å²) in [4.78, 5) is 51.5. The van der Waals surface area contributed by atoms with Gasteiger partial charge in [-0.05, 0) is 87.1 Å². The first-order valence-electron chi connectivity index (χ1n) is 31.9. The van der Waals surface area contributed by atoms with E-state index in [1.54, 1.807) is 0 Å². The van der Waals surface area contributed by atoms with Crippen molar-refractivity contribution >= 4 is 23.9 Å². The number of hydrogen-bond acceptors (Lipinski definition) is 25. The first-order valence-corrected chi connectivity index (χ1v) is 31.9. The Morgan fingerprint density at radius 1 is 0.411 bits per heavy atom. The predicted octanol–water partition coefficient (Wildman–Crippen LogP) is 4.86. The van der Waals surface area contributed by atoms with Gasteiger partial charge in [0.05, 0.1) is 160 Å². The Hall–Kier alpha value is -3.58. The van der Waals surface area contributed by atoms with Crippen LogP contribution >= 0.6 is 0 Å². The van der Waals surface area contributed by atoms with Gasteiger partial charge in [0.1, 0.15) is 26.4 Å². The van der Waals surface area contributed by atoms with E-state index >= 15 is 0 Å². The standard InChI is InChI=1S/C38H81N3O10.C26H40O12.CH4/c1-10-13-16-39(8)19-35(42)27-46-23-31(4)49-26-34(7)51-30-38(45)22-41(18-15-12-3)21-37(44)28-47-24-32(5)48-25-33(6)50-29-36(43)20-40(9)17-14-11-2;1-5-9-25(30)38-17-13-34-21-26(18-31-10-14-35-22(27)6-2,19-32-11-15-36-23(28)7-3)20-33-12-16-37-24(29)8-4;/h31-38,42-45H,10-30H2,1-9H3;6-8H,2-5,9-21H2,1H3;1H4. The molecule has 25 nitrogen and oxygen atoms in total. The van der Waals surface area contributed by atoms with Gasteiger partial charge in [-0.3, -0.25) is 9.69 Å². The van der Waals surface area contributed by atoms with Gasteiger partial charge in [0.2, 0.25) is 0 Å². The number of ether oxygens (including phenoxy) is 14. The Kier molecular flexibility index (Phi) is 62.0. The van der Waals surface area contributed by atoms with Crippen LogP contribution in [-0.4, -0.2) is 300 Å². The Morgan fingerprint density at radius 3 is 1.08 bits per heavy atom. The normalized spacial score (nSPS) is 14.3. The van der Waals surface area contributed by atoms with Crippen LogP contribution in [-0.2, 0) is 85.5 Å². The number of esters is 4. The van der Waals surface area contributed by atoms with Crippen LogP contribution in [0.15, 0.2) is 38.0 Å². The van der Waals surface area contributed by atoms with Crippen LogP contribution in [0.2, 0.25) is 0 Å². The number of rotatable bonds is 62. The lowest BCUT2D eigenvalue weighted by atomic mass is 9.92. The maximum absolute atomic E-state index is 11.6. The number of likely N-dealkylation sites (N-methyl/N-ethyl adjacent to an activating group) is 2. The van der Waals surface area contributed by atoms with E-state index in [9.17, 15) is 39.6 Å². The Morgan fingerprint density at radius 2 is 0.722 bits per heavy atom. The first kappa shape index (κ1) is 90.6. The van der Waals surface area contributed by atoms with E-state index in [2.05, 4.69) is 55.2 Å². The summed E-state index contributed by atoms with van der Waals surface area (Å²) in [6.07, 6.45) is 7.41.